The first-order valence-corrected chi connectivity index (χ1v) is 4.66. The second-order valence-electron chi connectivity index (χ2n) is 2.59. The molecular formula is C7H11N3S. The Bertz CT molecular complexity index is 203. The highest BCUT2D eigenvalue weighted by atomic mass is 32.1. The zero-order chi connectivity index (χ0) is 7.52. The number of aromatic nitrogens is 1. The maximum absolute atomic E-state index is 4.28. The first kappa shape index (κ1) is 7.06. The van der Waals surface area contributed by atoms with Crippen molar-refractivity contribution < 1.29 is 0 Å². The molecule has 0 radical (unpaired) electrons. The van der Waals surface area contributed by atoms with Gasteiger partial charge in [-0.1, -0.05) is 0 Å². The molecule has 1 aliphatic heterocycles. The molecule has 1 aliphatic rings. The Kier molecular flexibility index (Phi) is 2.05. The smallest absolute Gasteiger partial charge is 0.142 e. The molecule has 0 amide bonds. The van der Waals surface area contributed by atoms with Crippen LogP contribution in [-0.4, -0.2) is 30.6 Å². The van der Waals surface area contributed by atoms with Crippen LogP contribution in [0, 0.1) is 0 Å². The third kappa shape index (κ3) is 1.52. The van der Waals surface area contributed by atoms with Crippen molar-refractivity contribution in [3.8, 4) is 0 Å². The monoisotopic (exact) mass is 169 g/mol. The lowest BCUT2D eigenvalue weighted by molar-refractivity contribution is 0.586. The van der Waals surface area contributed by atoms with Crippen LogP contribution in [0.25, 0.3) is 0 Å². The topological polar surface area (TPSA) is 28.2 Å². The van der Waals surface area contributed by atoms with Gasteiger partial charge in [0.25, 0.3) is 0 Å². The average Bonchev–Trinajstić information content (AvgIpc) is 2.58. The van der Waals surface area contributed by atoms with Crippen LogP contribution in [0.4, 0.5) is 5.82 Å². The third-order valence-electron chi connectivity index (χ3n) is 1.87. The van der Waals surface area contributed by atoms with Gasteiger partial charge in [-0.15, -0.1) is 0 Å². The molecule has 0 saturated carbocycles. The quantitative estimate of drug-likeness (QED) is 0.665. The summed E-state index contributed by atoms with van der Waals surface area (Å²) in [5, 5.41) is 5.34. The van der Waals surface area contributed by atoms with Gasteiger partial charge in [-0.25, -0.2) is 0 Å². The molecule has 0 bridgehead atoms. The normalized spacial score (nSPS) is 18.7. The summed E-state index contributed by atoms with van der Waals surface area (Å²) in [5.41, 5.74) is 0. The fraction of sp³-hybridized carbons (Fsp3) is 0.571. The molecule has 0 unspecified atom stereocenters. The van der Waals surface area contributed by atoms with Crippen molar-refractivity contribution in [3.63, 3.8) is 0 Å². The van der Waals surface area contributed by atoms with E-state index in [9.17, 15) is 0 Å². The second kappa shape index (κ2) is 3.19. The molecule has 1 saturated heterocycles. The molecule has 11 heavy (non-hydrogen) atoms. The van der Waals surface area contributed by atoms with Crippen LogP contribution in [0.15, 0.2) is 11.4 Å². The molecule has 0 aliphatic carbocycles. The molecule has 0 atom stereocenters. The Balaban J connectivity index is 2.04. The molecule has 4 heteroatoms. The van der Waals surface area contributed by atoms with Crippen molar-refractivity contribution in [2.45, 2.75) is 0 Å². The molecule has 60 valence electrons. The van der Waals surface area contributed by atoms with E-state index in [0.717, 1.165) is 32.0 Å². The highest BCUT2D eigenvalue weighted by Gasteiger charge is 2.10. The highest BCUT2D eigenvalue weighted by Crippen LogP contribution is 2.12. The number of rotatable bonds is 1. The van der Waals surface area contributed by atoms with E-state index in [0.29, 0.717) is 0 Å². The largest absolute Gasteiger partial charge is 0.353 e. The Morgan fingerprint density at radius 1 is 1.45 bits per heavy atom. The summed E-state index contributed by atoms with van der Waals surface area (Å²) >= 11 is 1.52. The summed E-state index contributed by atoms with van der Waals surface area (Å²) in [5.74, 6) is 1.14. The molecule has 0 aromatic carbocycles. The standard InChI is InChI=1S/C7H11N3S/c1-6-11-9-7(1)10-4-2-8-3-5-10/h1,6,8H,2-5H2. The minimum Gasteiger partial charge on any atom is -0.353 e. The van der Waals surface area contributed by atoms with Crippen molar-refractivity contribution in [1.82, 2.24) is 9.69 Å². The van der Waals surface area contributed by atoms with E-state index in [1.54, 1.807) is 0 Å². The van der Waals surface area contributed by atoms with Crippen LogP contribution in [0.2, 0.25) is 0 Å². The number of nitrogens with zero attached hydrogens (tertiary/aromatic N) is 2. The van der Waals surface area contributed by atoms with Crippen LogP contribution in [0.3, 0.4) is 0 Å². The van der Waals surface area contributed by atoms with Crippen LogP contribution < -0.4 is 10.2 Å². The number of nitrogens with one attached hydrogen (secondary N) is 1. The van der Waals surface area contributed by atoms with Gasteiger partial charge in [0.2, 0.25) is 0 Å². The van der Waals surface area contributed by atoms with Gasteiger partial charge in [0.1, 0.15) is 5.82 Å². The van der Waals surface area contributed by atoms with Crippen LogP contribution in [-0.2, 0) is 0 Å². The Morgan fingerprint density at radius 2 is 2.27 bits per heavy atom. The summed E-state index contributed by atoms with van der Waals surface area (Å²) < 4.78 is 4.28. The van der Waals surface area contributed by atoms with Gasteiger partial charge >= 0.3 is 0 Å². The fourth-order valence-corrected chi connectivity index (χ4v) is 1.79. The third-order valence-corrected chi connectivity index (χ3v) is 2.42. The fourth-order valence-electron chi connectivity index (χ4n) is 1.26. The lowest BCUT2D eigenvalue weighted by Crippen LogP contribution is -2.43. The molecule has 2 heterocycles. The Morgan fingerprint density at radius 3 is 2.91 bits per heavy atom. The van der Waals surface area contributed by atoms with Gasteiger partial charge in [0.15, 0.2) is 0 Å². The highest BCUT2D eigenvalue weighted by molar-refractivity contribution is 7.03. The van der Waals surface area contributed by atoms with Crippen molar-refractivity contribution >= 4 is 17.4 Å². The summed E-state index contributed by atoms with van der Waals surface area (Å²) in [6.45, 7) is 4.34. The molecule has 0 spiro atoms. The molecular weight excluding hydrogens is 158 g/mol. The molecule has 1 fully saturated rings. The van der Waals surface area contributed by atoms with Crippen molar-refractivity contribution in [2.75, 3.05) is 31.1 Å². The zero-order valence-electron chi connectivity index (χ0n) is 6.29. The van der Waals surface area contributed by atoms with E-state index in [2.05, 4.69) is 20.7 Å². The Hall–Kier alpha value is -0.610. The van der Waals surface area contributed by atoms with Crippen LogP contribution in [0.1, 0.15) is 0 Å². The van der Waals surface area contributed by atoms with Gasteiger partial charge in [-0.3, -0.25) is 0 Å². The molecule has 1 aromatic heterocycles. The Labute approximate surface area is 70.2 Å². The first-order chi connectivity index (χ1) is 5.47. The van der Waals surface area contributed by atoms with Crippen LogP contribution >= 0.6 is 11.5 Å². The summed E-state index contributed by atoms with van der Waals surface area (Å²) in [6.07, 6.45) is 0. The SMILES string of the molecule is c1cc(N2CCNCC2)ns1. The molecule has 2 rings (SSSR count). The molecule has 3 nitrogen and oxygen atoms in total. The van der Waals surface area contributed by atoms with E-state index in [1.165, 1.54) is 11.5 Å². The van der Waals surface area contributed by atoms with Gasteiger partial charge in [0.05, 0.1) is 0 Å². The predicted octanol–water partition coefficient (Wildman–Crippen LogP) is 0.553. The van der Waals surface area contributed by atoms with Crippen molar-refractivity contribution in [1.29, 1.82) is 0 Å². The number of piperazine rings is 1. The lowest BCUT2D eigenvalue weighted by Gasteiger charge is -2.26. The summed E-state index contributed by atoms with van der Waals surface area (Å²) in [4.78, 5) is 2.31. The maximum atomic E-state index is 4.28. The van der Waals surface area contributed by atoms with Gasteiger partial charge in [-0.05, 0) is 17.6 Å². The predicted molar refractivity (Wildman–Crippen MR) is 47.2 cm³/mol. The van der Waals surface area contributed by atoms with Gasteiger partial charge in [0, 0.05) is 31.6 Å². The average molecular weight is 169 g/mol. The van der Waals surface area contributed by atoms with Gasteiger partial charge < -0.3 is 10.2 Å². The van der Waals surface area contributed by atoms with Gasteiger partial charge in [-0.2, -0.15) is 4.37 Å². The minimum atomic E-state index is 1.08. The summed E-state index contributed by atoms with van der Waals surface area (Å²) in [6, 6.07) is 2.08. The summed E-state index contributed by atoms with van der Waals surface area (Å²) in [7, 11) is 0. The van der Waals surface area contributed by atoms with E-state index in [4.69, 9.17) is 0 Å². The first-order valence-electron chi connectivity index (χ1n) is 3.83. The minimum absolute atomic E-state index is 1.08. The van der Waals surface area contributed by atoms with E-state index in [1.807, 2.05) is 5.38 Å². The van der Waals surface area contributed by atoms with E-state index >= 15 is 0 Å². The number of hydrogen-bond acceptors (Lipinski definition) is 4. The maximum Gasteiger partial charge on any atom is 0.142 e. The number of hydrogen-bond donors (Lipinski definition) is 1. The van der Waals surface area contributed by atoms with Crippen molar-refractivity contribution in [3.05, 3.63) is 11.4 Å². The second-order valence-corrected chi connectivity index (χ2v) is 3.26. The van der Waals surface area contributed by atoms with Crippen LogP contribution in [0.5, 0.6) is 0 Å². The molecule has 1 aromatic rings. The van der Waals surface area contributed by atoms with E-state index < -0.39 is 0 Å². The number of anilines is 1. The molecule has 1 N–H and O–H groups in total. The zero-order valence-corrected chi connectivity index (χ0v) is 7.10. The van der Waals surface area contributed by atoms with Crippen molar-refractivity contribution in [2.24, 2.45) is 0 Å². The van der Waals surface area contributed by atoms with E-state index in [-0.39, 0.29) is 0 Å². The lowest BCUT2D eigenvalue weighted by atomic mass is 10.3.